The number of hydrogen-bond acceptors (Lipinski definition) is 5. The number of allylic oxidation sites excluding steroid dienone is 1. The van der Waals surface area contributed by atoms with Crippen LogP contribution in [0.25, 0.3) is 0 Å². The molecule has 3 atom stereocenters. The van der Waals surface area contributed by atoms with E-state index in [4.69, 9.17) is 9.47 Å². The minimum absolute atomic E-state index is 0.0115. The molecular weight excluding hydrogens is 498 g/mol. The van der Waals surface area contributed by atoms with Crippen LogP contribution in [0.3, 0.4) is 0 Å². The molecule has 0 amide bonds. The Hall–Kier alpha value is -1.36. The third-order valence-corrected chi connectivity index (χ3v) is 10.8. The van der Waals surface area contributed by atoms with Gasteiger partial charge in [-0.2, -0.15) is 0 Å². The van der Waals surface area contributed by atoms with Crippen LogP contribution < -0.4 is 0 Å². The van der Waals surface area contributed by atoms with Gasteiger partial charge in [-0.25, -0.2) is 0 Å². The summed E-state index contributed by atoms with van der Waals surface area (Å²) in [5.74, 6) is 2.11. The van der Waals surface area contributed by atoms with Gasteiger partial charge >= 0.3 is 11.9 Å². The average molecular weight is 558 g/mol. The lowest BCUT2D eigenvalue weighted by molar-refractivity contribution is -0.152. The molecule has 0 bridgehead atoms. The van der Waals surface area contributed by atoms with Crippen LogP contribution in [0.2, 0.25) is 0 Å². The topological polar surface area (TPSA) is 55.8 Å². The summed E-state index contributed by atoms with van der Waals surface area (Å²) in [4.78, 5) is 27.1. The minimum atomic E-state index is -0.0656. The molecule has 228 valence electrons. The zero-order chi connectivity index (χ0) is 28.8. The second-order valence-corrected chi connectivity index (χ2v) is 14.7. The SMILES string of the molecule is CCCCCCCC(C)CCCC(C)CCC(OC(=O)CCCN(C)C)C12CC1(/C=C\COC(=O)C13CC1C3)C2. The summed E-state index contributed by atoms with van der Waals surface area (Å²) < 4.78 is 11.7. The van der Waals surface area contributed by atoms with Gasteiger partial charge in [-0.3, -0.25) is 9.59 Å². The number of nitrogens with zero attached hydrogens (tertiary/aromatic N) is 1. The fourth-order valence-corrected chi connectivity index (χ4v) is 7.23. The number of ether oxygens (including phenoxy) is 2. The van der Waals surface area contributed by atoms with Gasteiger partial charge in [0.05, 0.1) is 5.41 Å². The predicted molar refractivity (Wildman–Crippen MR) is 162 cm³/mol. The van der Waals surface area contributed by atoms with Gasteiger partial charge in [0.1, 0.15) is 12.7 Å². The molecule has 3 unspecified atom stereocenters. The number of hydrogen-bond donors (Lipinski definition) is 0. The number of fused-ring (bicyclic) bond motifs is 2. The first-order valence-corrected chi connectivity index (χ1v) is 16.9. The first kappa shape index (κ1) is 31.6. The van der Waals surface area contributed by atoms with Crippen molar-refractivity contribution in [3.8, 4) is 0 Å². The van der Waals surface area contributed by atoms with Crippen molar-refractivity contribution in [2.75, 3.05) is 27.2 Å². The van der Waals surface area contributed by atoms with Crippen molar-refractivity contribution in [1.29, 1.82) is 0 Å². The molecule has 0 spiro atoms. The van der Waals surface area contributed by atoms with E-state index in [1.165, 1.54) is 57.8 Å². The number of unbranched alkanes of at least 4 members (excludes halogenated alkanes) is 4. The van der Waals surface area contributed by atoms with E-state index in [0.717, 1.165) is 57.4 Å². The van der Waals surface area contributed by atoms with Gasteiger partial charge in [-0.1, -0.05) is 90.7 Å². The lowest BCUT2D eigenvalue weighted by Crippen LogP contribution is -2.25. The summed E-state index contributed by atoms with van der Waals surface area (Å²) in [6, 6.07) is 0. The van der Waals surface area contributed by atoms with Crippen molar-refractivity contribution in [3.05, 3.63) is 12.2 Å². The molecule has 0 heterocycles. The highest BCUT2D eigenvalue weighted by molar-refractivity contribution is 5.85. The summed E-state index contributed by atoms with van der Waals surface area (Å²) in [5, 5.41) is 0. The van der Waals surface area contributed by atoms with Crippen LogP contribution in [-0.2, 0) is 19.1 Å². The molecule has 40 heavy (non-hydrogen) atoms. The smallest absolute Gasteiger partial charge is 0.312 e. The van der Waals surface area contributed by atoms with Crippen molar-refractivity contribution in [2.24, 2.45) is 34.0 Å². The van der Waals surface area contributed by atoms with Crippen LogP contribution in [-0.4, -0.2) is 50.2 Å². The van der Waals surface area contributed by atoms with Gasteiger partial charge in [-0.05, 0) is 88.8 Å². The maximum absolute atomic E-state index is 12.8. The molecule has 4 fully saturated rings. The van der Waals surface area contributed by atoms with Gasteiger partial charge < -0.3 is 14.4 Å². The first-order chi connectivity index (χ1) is 19.2. The molecule has 5 heteroatoms. The Morgan fingerprint density at radius 2 is 1.55 bits per heavy atom. The highest BCUT2D eigenvalue weighted by Gasteiger charge is 2.85. The van der Waals surface area contributed by atoms with Crippen LogP contribution in [0.1, 0.15) is 130 Å². The second-order valence-electron chi connectivity index (χ2n) is 14.7. The maximum atomic E-state index is 12.8. The van der Waals surface area contributed by atoms with E-state index in [0.29, 0.717) is 24.9 Å². The van der Waals surface area contributed by atoms with Gasteiger partial charge in [0, 0.05) is 11.8 Å². The van der Waals surface area contributed by atoms with Crippen molar-refractivity contribution in [1.82, 2.24) is 4.90 Å². The summed E-state index contributed by atoms with van der Waals surface area (Å²) in [6.07, 6.45) is 24.3. The van der Waals surface area contributed by atoms with Crippen LogP contribution in [0, 0.1) is 34.0 Å². The van der Waals surface area contributed by atoms with Crippen LogP contribution in [0.5, 0.6) is 0 Å². The van der Waals surface area contributed by atoms with Crippen LogP contribution in [0.4, 0.5) is 0 Å². The van der Waals surface area contributed by atoms with Crippen molar-refractivity contribution in [2.45, 2.75) is 136 Å². The van der Waals surface area contributed by atoms with E-state index in [1.54, 1.807) is 0 Å². The third-order valence-electron chi connectivity index (χ3n) is 10.8. The predicted octanol–water partition coefficient (Wildman–Crippen LogP) is 8.11. The molecule has 4 aliphatic carbocycles. The second kappa shape index (κ2) is 13.7. The van der Waals surface area contributed by atoms with Gasteiger partial charge in [0.2, 0.25) is 0 Å². The zero-order valence-corrected chi connectivity index (χ0v) is 26.5. The molecule has 4 aliphatic rings. The Kier molecular flexibility index (Phi) is 10.8. The summed E-state index contributed by atoms with van der Waals surface area (Å²) in [6.45, 7) is 8.39. The Morgan fingerprint density at radius 1 is 0.900 bits per heavy atom. The van der Waals surface area contributed by atoms with E-state index in [2.05, 4.69) is 31.7 Å². The van der Waals surface area contributed by atoms with Gasteiger partial charge in [-0.15, -0.1) is 0 Å². The molecule has 0 saturated heterocycles. The summed E-state index contributed by atoms with van der Waals surface area (Å²) >= 11 is 0. The minimum Gasteiger partial charge on any atom is -0.462 e. The molecule has 4 saturated carbocycles. The Morgan fingerprint density at radius 3 is 2.20 bits per heavy atom. The van der Waals surface area contributed by atoms with E-state index in [9.17, 15) is 9.59 Å². The third kappa shape index (κ3) is 8.13. The number of carbonyl (C=O) groups excluding carboxylic acids is 2. The molecule has 0 N–H and O–H groups in total. The monoisotopic (exact) mass is 557 g/mol. The quantitative estimate of drug-likeness (QED) is 0.0721. The molecule has 0 aromatic rings. The molecular formula is C35H59NO4. The fourth-order valence-electron chi connectivity index (χ4n) is 7.23. The van der Waals surface area contributed by atoms with Gasteiger partial charge in [0.15, 0.2) is 0 Å². The molecule has 5 nitrogen and oxygen atoms in total. The average Bonchev–Trinajstić information content (AvgIpc) is 3.76. The van der Waals surface area contributed by atoms with Crippen molar-refractivity contribution >= 4 is 11.9 Å². The largest absolute Gasteiger partial charge is 0.462 e. The summed E-state index contributed by atoms with van der Waals surface area (Å²) in [7, 11) is 4.09. The molecule has 4 rings (SSSR count). The van der Waals surface area contributed by atoms with Gasteiger partial charge in [0.25, 0.3) is 0 Å². The molecule has 0 aromatic carbocycles. The van der Waals surface area contributed by atoms with E-state index in [1.807, 2.05) is 20.2 Å². The zero-order valence-electron chi connectivity index (χ0n) is 26.5. The number of rotatable bonds is 23. The van der Waals surface area contributed by atoms with Crippen molar-refractivity contribution in [3.63, 3.8) is 0 Å². The fraction of sp³-hybridized carbons (Fsp3) is 0.886. The Labute approximate surface area is 245 Å². The molecule has 0 aromatic heterocycles. The Balaban J connectivity index is 1.17. The number of carbonyl (C=O) groups is 2. The standard InChI is InChI=1S/C35H59NO4/c1-6-7-8-9-10-14-27(2)15-11-16-28(3)18-19-30(40-31(37)17-12-21-36(4)5)35-25-33(35,26-35)20-13-22-39-32(38)34-23-29(34)24-34/h13,20,27-30H,6-12,14-19,21-26H2,1-5H3/b20-13-. The van der Waals surface area contributed by atoms with Crippen LogP contribution >= 0.6 is 0 Å². The maximum Gasteiger partial charge on any atom is 0.312 e. The Bertz CT molecular complexity index is 867. The lowest BCUT2D eigenvalue weighted by Gasteiger charge is -2.23. The summed E-state index contributed by atoms with van der Waals surface area (Å²) in [5.41, 5.74) is 0.237. The molecule has 0 aliphatic heterocycles. The van der Waals surface area contributed by atoms with Crippen molar-refractivity contribution < 1.29 is 19.1 Å². The highest BCUT2D eigenvalue weighted by atomic mass is 16.5. The van der Waals surface area contributed by atoms with Crippen LogP contribution in [0.15, 0.2) is 12.2 Å². The first-order valence-electron chi connectivity index (χ1n) is 16.9. The van der Waals surface area contributed by atoms with E-state index < -0.39 is 0 Å². The molecule has 0 radical (unpaired) electrons. The number of esters is 2. The normalized spacial score (nSPS) is 31.3. The van der Waals surface area contributed by atoms with E-state index in [-0.39, 0.29) is 34.3 Å². The lowest BCUT2D eigenvalue weighted by atomic mass is 9.91. The highest BCUT2D eigenvalue weighted by Crippen LogP contribution is 2.89. The van der Waals surface area contributed by atoms with E-state index >= 15 is 0 Å².